The van der Waals surface area contributed by atoms with Crippen molar-refractivity contribution in [2.45, 2.75) is 30.2 Å². The summed E-state index contributed by atoms with van der Waals surface area (Å²) < 4.78 is 93.4. The maximum Gasteiger partial charge on any atom is 0.511 e. The third-order valence-electron chi connectivity index (χ3n) is 8.02. The molecule has 1 aromatic heterocycles. The van der Waals surface area contributed by atoms with E-state index in [-0.39, 0.29) is 43.6 Å². The fourth-order valence-corrected chi connectivity index (χ4v) is 6.93. The largest absolute Gasteiger partial charge is 0.511 e. The number of hydrogen-bond donors (Lipinski definition) is 0. The van der Waals surface area contributed by atoms with Crippen LogP contribution in [-0.4, -0.2) is 41.1 Å². The molecular weight excluding hydrogens is 621 g/mol. The van der Waals surface area contributed by atoms with Crippen LogP contribution in [-0.2, 0) is 10.0 Å². The van der Waals surface area contributed by atoms with Crippen LogP contribution >= 0.6 is 11.6 Å². The maximum atomic E-state index is 13.9. The number of rotatable bonds is 6. The van der Waals surface area contributed by atoms with E-state index in [1.165, 1.54) is 24.3 Å². The number of alkyl halides is 3. The first-order valence-electron chi connectivity index (χ1n) is 13.8. The lowest BCUT2D eigenvalue weighted by Gasteiger charge is -2.31. The normalized spacial score (nSPS) is 16.0. The summed E-state index contributed by atoms with van der Waals surface area (Å²) in [4.78, 5) is 0. The van der Waals surface area contributed by atoms with Crippen molar-refractivity contribution in [1.82, 2.24) is 14.1 Å². The van der Waals surface area contributed by atoms with Crippen LogP contribution in [0.1, 0.15) is 47.1 Å². The molecule has 0 saturated carbocycles. The molecule has 0 aliphatic carbocycles. The van der Waals surface area contributed by atoms with Gasteiger partial charge in [0.1, 0.15) is 11.6 Å². The Kier molecular flexibility index (Phi) is 7.98. The molecule has 1 aliphatic heterocycles. The summed E-state index contributed by atoms with van der Waals surface area (Å²) in [6.07, 6.45) is 0.265. The van der Waals surface area contributed by atoms with Gasteiger partial charge in [0, 0.05) is 35.3 Å². The Morgan fingerprint density at radius 1 is 0.773 bits per heavy atom. The quantitative estimate of drug-likeness (QED) is 0.138. The number of benzene rings is 4. The predicted molar refractivity (Wildman–Crippen MR) is 158 cm³/mol. The van der Waals surface area contributed by atoms with E-state index in [2.05, 4.69) is 0 Å². The van der Waals surface area contributed by atoms with Crippen LogP contribution < -0.4 is 0 Å². The number of aromatic nitrogens is 2. The molecular formula is C32H25ClF5N3O2S. The van der Waals surface area contributed by atoms with Crippen molar-refractivity contribution in [2.75, 3.05) is 13.1 Å². The summed E-state index contributed by atoms with van der Waals surface area (Å²) in [5.41, 5.74) is -0.921. The number of sulfonamides is 1. The number of hydrogen-bond acceptors (Lipinski definition) is 3. The van der Waals surface area contributed by atoms with Crippen molar-refractivity contribution in [3.63, 3.8) is 0 Å². The zero-order valence-electron chi connectivity index (χ0n) is 23.0. The van der Waals surface area contributed by atoms with Crippen LogP contribution in [0.2, 0.25) is 5.02 Å². The van der Waals surface area contributed by atoms with Crippen LogP contribution in [0, 0.1) is 11.6 Å². The minimum atomic E-state index is -5.44. The van der Waals surface area contributed by atoms with E-state index in [0.717, 1.165) is 22.1 Å². The molecule has 0 amide bonds. The Labute approximate surface area is 255 Å². The number of nitrogens with zero attached hydrogens (tertiary/aromatic N) is 3. The molecule has 0 spiro atoms. The molecule has 5 aromatic rings. The summed E-state index contributed by atoms with van der Waals surface area (Å²) in [6.45, 7) is -0.611. The van der Waals surface area contributed by atoms with E-state index >= 15 is 0 Å². The van der Waals surface area contributed by atoms with Crippen molar-refractivity contribution in [2.24, 2.45) is 0 Å². The second-order valence-corrected chi connectivity index (χ2v) is 13.1. The Balaban J connectivity index is 1.47. The molecule has 0 bridgehead atoms. The first kappa shape index (κ1) is 30.2. The SMILES string of the molecule is O=S(=O)(N1CCC(c2nn(-c3ccc(F)cc3)c3ccc(C(c4ccc(F)cc4)c4ccc(Cl)cc4)cc23)CC1)C(F)(F)F. The van der Waals surface area contributed by atoms with Crippen LogP contribution in [0.25, 0.3) is 16.6 Å². The van der Waals surface area contributed by atoms with Crippen LogP contribution in [0.4, 0.5) is 22.0 Å². The highest BCUT2D eigenvalue weighted by Crippen LogP contribution is 2.40. The Morgan fingerprint density at radius 2 is 1.30 bits per heavy atom. The van der Waals surface area contributed by atoms with E-state index in [0.29, 0.717) is 26.2 Å². The van der Waals surface area contributed by atoms with E-state index in [4.69, 9.17) is 16.7 Å². The predicted octanol–water partition coefficient (Wildman–Crippen LogP) is 8.17. The lowest BCUT2D eigenvalue weighted by molar-refractivity contribution is -0.0494. The Bertz CT molecular complexity index is 1860. The van der Waals surface area contributed by atoms with Gasteiger partial charge in [0.25, 0.3) is 0 Å². The average molecular weight is 646 g/mol. The van der Waals surface area contributed by atoms with Crippen molar-refractivity contribution in [3.8, 4) is 5.69 Å². The molecule has 1 atom stereocenters. The average Bonchev–Trinajstić information content (AvgIpc) is 3.38. The smallest absolute Gasteiger partial charge is 0.233 e. The Morgan fingerprint density at radius 3 is 1.86 bits per heavy atom. The van der Waals surface area contributed by atoms with Gasteiger partial charge >= 0.3 is 15.5 Å². The topological polar surface area (TPSA) is 55.2 Å². The third-order valence-corrected chi connectivity index (χ3v) is 9.90. The van der Waals surface area contributed by atoms with E-state index in [1.54, 1.807) is 41.1 Å². The van der Waals surface area contributed by atoms with Gasteiger partial charge in [-0.05, 0) is 90.2 Å². The zero-order chi connectivity index (χ0) is 31.2. The summed E-state index contributed by atoms with van der Waals surface area (Å²) in [5.74, 6) is -1.45. The molecule has 1 aliphatic rings. The highest BCUT2D eigenvalue weighted by molar-refractivity contribution is 7.90. The third kappa shape index (κ3) is 5.71. The second kappa shape index (κ2) is 11.6. The van der Waals surface area contributed by atoms with Crippen molar-refractivity contribution in [1.29, 1.82) is 0 Å². The second-order valence-electron chi connectivity index (χ2n) is 10.7. The standard InChI is InChI=1S/C32H25ClF5N3O2S/c33-24-6-1-20(2-7-24)30(21-3-8-25(34)9-4-21)23-5-14-29-28(19-23)31(39-41(29)27-12-10-26(35)11-13-27)22-15-17-40(18-16-22)44(42,43)32(36,37)38/h1-14,19,22,30H,15-18H2. The monoisotopic (exact) mass is 645 g/mol. The molecule has 1 unspecified atom stereocenters. The van der Waals surface area contributed by atoms with Gasteiger partial charge in [-0.1, -0.05) is 41.9 Å². The fraction of sp³-hybridized carbons (Fsp3) is 0.219. The van der Waals surface area contributed by atoms with Crippen molar-refractivity contribution < 1.29 is 30.4 Å². The molecule has 0 radical (unpaired) electrons. The van der Waals surface area contributed by atoms with Crippen LogP contribution in [0.5, 0.6) is 0 Å². The number of halogens is 6. The molecule has 44 heavy (non-hydrogen) atoms. The molecule has 4 aromatic carbocycles. The molecule has 0 N–H and O–H groups in total. The maximum absolute atomic E-state index is 13.9. The summed E-state index contributed by atoms with van der Waals surface area (Å²) in [7, 11) is -5.44. The number of piperidine rings is 1. The van der Waals surface area contributed by atoms with Gasteiger partial charge in [-0.3, -0.25) is 0 Å². The molecule has 5 nitrogen and oxygen atoms in total. The lowest BCUT2D eigenvalue weighted by atomic mass is 9.84. The molecule has 1 fully saturated rings. The van der Waals surface area contributed by atoms with Gasteiger partial charge in [-0.25, -0.2) is 21.9 Å². The fourth-order valence-electron chi connectivity index (χ4n) is 5.82. The zero-order valence-corrected chi connectivity index (χ0v) is 24.5. The van der Waals surface area contributed by atoms with E-state index < -0.39 is 21.3 Å². The van der Waals surface area contributed by atoms with Crippen molar-refractivity contribution >= 4 is 32.5 Å². The molecule has 228 valence electrons. The molecule has 12 heteroatoms. The van der Waals surface area contributed by atoms with Gasteiger partial charge in [0.15, 0.2) is 0 Å². The molecule has 2 heterocycles. The minimum absolute atomic E-state index is 0.133. The van der Waals surface area contributed by atoms with Crippen LogP contribution in [0.15, 0.2) is 91.0 Å². The summed E-state index contributed by atoms with van der Waals surface area (Å²) in [6, 6.07) is 25.0. The first-order valence-corrected chi connectivity index (χ1v) is 15.6. The summed E-state index contributed by atoms with van der Waals surface area (Å²) in [5, 5.41) is 6.14. The summed E-state index contributed by atoms with van der Waals surface area (Å²) >= 11 is 6.16. The molecule has 1 saturated heterocycles. The lowest BCUT2D eigenvalue weighted by Crippen LogP contribution is -2.44. The Hall–Kier alpha value is -3.80. The van der Waals surface area contributed by atoms with Gasteiger partial charge < -0.3 is 0 Å². The first-order chi connectivity index (χ1) is 20.9. The van der Waals surface area contributed by atoms with Crippen molar-refractivity contribution in [3.05, 3.63) is 130 Å². The van der Waals surface area contributed by atoms with Gasteiger partial charge in [-0.2, -0.15) is 22.6 Å². The van der Waals surface area contributed by atoms with Crippen LogP contribution in [0.3, 0.4) is 0 Å². The molecule has 6 rings (SSSR count). The highest BCUT2D eigenvalue weighted by Gasteiger charge is 2.50. The van der Waals surface area contributed by atoms with E-state index in [1.807, 2.05) is 30.3 Å². The highest BCUT2D eigenvalue weighted by atomic mass is 35.5. The minimum Gasteiger partial charge on any atom is -0.233 e. The van der Waals surface area contributed by atoms with Gasteiger partial charge in [-0.15, -0.1) is 0 Å². The van der Waals surface area contributed by atoms with E-state index in [9.17, 15) is 30.4 Å². The van der Waals surface area contributed by atoms with Gasteiger partial charge in [0.2, 0.25) is 0 Å². The number of fused-ring (bicyclic) bond motifs is 1. The van der Waals surface area contributed by atoms with Gasteiger partial charge in [0.05, 0.1) is 16.9 Å².